The highest BCUT2D eigenvalue weighted by molar-refractivity contribution is 6.07. The zero-order valence-corrected chi connectivity index (χ0v) is 17.6. The molecule has 1 amide bonds. The van der Waals surface area contributed by atoms with Crippen LogP contribution >= 0.6 is 0 Å². The lowest BCUT2D eigenvalue weighted by atomic mass is 10.1. The third-order valence-corrected chi connectivity index (χ3v) is 5.08. The van der Waals surface area contributed by atoms with Crippen LogP contribution in [0.15, 0.2) is 54.6 Å². The van der Waals surface area contributed by atoms with Crippen LogP contribution in [0.4, 0.5) is 28.8 Å². The lowest BCUT2D eigenvalue weighted by molar-refractivity contribution is -0.665. The van der Waals surface area contributed by atoms with E-state index in [0.717, 1.165) is 28.0 Å². The minimum Gasteiger partial charge on any atom is -0.398 e. The first-order chi connectivity index (χ1) is 14.8. The summed E-state index contributed by atoms with van der Waals surface area (Å²) in [5, 5.41) is 6.90. The topological polar surface area (TPSA) is 123 Å². The third kappa shape index (κ3) is 4.23. The molecule has 8 heteroatoms. The van der Waals surface area contributed by atoms with Crippen LogP contribution in [0.3, 0.4) is 0 Å². The van der Waals surface area contributed by atoms with Gasteiger partial charge in [-0.05, 0) is 56.3 Å². The fraction of sp³-hybridized carbons (Fsp3) is 0.130. The molecule has 31 heavy (non-hydrogen) atoms. The number of carbonyl (C=O) groups excluding carboxylic acids is 1. The Kier molecular flexibility index (Phi) is 5.12. The van der Waals surface area contributed by atoms with Gasteiger partial charge >= 0.3 is 5.95 Å². The number of hydrogen-bond acceptors (Lipinski definition) is 6. The molecule has 0 fully saturated rings. The number of nitrogen functional groups attached to an aromatic ring is 2. The maximum Gasteiger partial charge on any atom is 0.391 e. The second-order valence-electron chi connectivity index (χ2n) is 7.44. The molecule has 4 aromatic rings. The van der Waals surface area contributed by atoms with Crippen molar-refractivity contribution in [3.63, 3.8) is 0 Å². The number of benzene rings is 2. The van der Waals surface area contributed by atoms with Crippen LogP contribution in [0.2, 0.25) is 0 Å². The Morgan fingerprint density at radius 2 is 1.74 bits per heavy atom. The zero-order valence-electron chi connectivity index (χ0n) is 17.6. The average Bonchev–Trinajstić information content (AvgIpc) is 2.72. The molecule has 2 aromatic heterocycles. The van der Waals surface area contributed by atoms with Crippen LogP contribution in [-0.4, -0.2) is 15.9 Å². The van der Waals surface area contributed by atoms with Crippen molar-refractivity contribution in [3.8, 4) is 0 Å². The SMILES string of the molecule is Cc1cc(N)c2cc(C(=O)Nc3cccc(Nc4cc(C)[n+](C)c(N)n4)c3)ccc2n1. The number of nitrogens with one attached hydrogen (secondary N) is 2. The summed E-state index contributed by atoms with van der Waals surface area (Å²) in [5.41, 5.74) is 17.1. The smallest absolute Gasteiger partial charge is 0.391 e. The van der Waals surface area contributed by atoms with Gasteiger partial charge in [-0.1, -0.05) is 11.1 Å². The first-order valence-corrected chi connectivity index (χ1v) is 9.78. The Balaban J connectivity index is 1.55. The standard InChI is InChI=1S/C23H23N7O/c1-13-9-19(24)18-11-15(7-8-20(18)26-13)22(31)28-17-6-4-5-16(12-17)27-21-10-14(2)30(3)23(25)29-21/h4-12H,1-3H3,(H5,24,25,26,27,28,29,31)/p+1. The Labute approximate surface area is 179 Å². The van der Waals surface area contributed by atoms with Gasteiger partial charge in [-0.3, -0.25) is 15.5 Å². The monoisotopic (exact) mass is 414 g/mol. The first kappa shape index (κ1) is 20.1. The number of pyridine rings is 1. The predicted molar refractivity (Wildman–Crippen MR) is 123 cm³/mol. The van der Waals surface area contributed by atoms with Gasteiger partial charge in [-0.25, -0.2) is 4.57 Å². The maximum atomic E-state index is 12.8. The highest BCUT2D eigenvalue weighted by atomic mass is 16.1. The summed E-state index contributed by atoms with van der Waals surface area (Å²) in [5.74, 6) is 0.806. The van der Waals surface area contributed by atoms with E-state index >= 15 is 0 Å². The lowest BCUT2D eigenvalue weighted by Crippen LogP contribution is -2.36. The molecule has 0 atom stereocenters. The van der Waals surface area contributed by atoms with Crippen molar-refractivity contribution in [1.82, 2.24) is 9.97 Å². The molecule has 8 nitrogen and oxygen atoms in total. The fourth-order valence-electron chi connectivity index (χ4n) is 3.33. The van der Waals surface area contributed by atoms with Crippen LogP contribution in [0.1, 0.15) is 21.7 Å². The van der Waals surface area contributed by atoms with Crippen molar-refractivity contribution in [2.45, 2.75) is 13.8 Å². The Bertz CT molecular complexity index is 1290. The van der Waals surface area contributed by atoms with Gasteiger partial charge in [0.05, 0.1) is 18.3 Å². The van der Waals surface area contributed by atoms with Gasteiger partial charge in [0.2, 0.25) is 5.82 Å². The third-order valence-electron chi connectivity index (χ3n) is 5.08. The van der Waals surface area contributed by atoms with E-state index in [0.29, 0.717) is 28.7 Å². The summed E-state index contributed by atoms with van der Waals surface area (Å²) >= 11 is 0. The molecular weight excluding hydrogens is 390 g/mol. The molecule has 0 unspecified atom stereocenters. The van der Waals surface area contributed by atoms with Crippen molar-refractivity contribution in [2.24, 2.45) is 7.05 Å². The molecule has 0 aliphatic carbocycles. The van der Waals surface area contributed by atoms with Gasteiger partial charge < -0.3 is 16.4 Å². The van der Waals surface area contributed by atoms with Gasteiger partial charge in [0.15, 0.2) is 0 Å². The summed E-state index contributed by atoms with van der Waals surface area (Å²) in [6.45, 7) is 3.84. The van der Waals surface area contributed by atoms with Crippen molar-refractivity contribution < 1.29 is 9.36 Å². The molecule has 0 saturated heterocycles. The van der Waals surface area contributed by atoms with Crippen LogP contribution in [0.25, 0.3) is 10.9 Å². The normalized spacial score (nSPS) is 10.8. The molecule has 0 bridgehead atoms. The second-order valence-corrected chi connectivity index (χ2v) is 7.44. The van der Waals surface area contributed by atoms with Gasteiger partial charge in [0.25, 0.3) is 5.91 Å². The van der Waals surface area contributed by atoms with E-state index in [1.54, 1.807) is 28.8 Å². The number of anilines is 5. The minimum atomic E-state index is -0.232. The number of aromatic nitrogens is 3. The molecule has 0 aliphatic rings. The summed E-state index contributed by atoms with van der Waals surface area (Å²) in [7, 11) is 1.86. The van der Waals surface area contributed by atoms with E-state index in [1.807, 2.05) is 51.2 Å². The van der Waals surface area contributed by atoms with Crippen LogP contribution in [0, 0.1) is 13.8 Å². The van der Waals surface area contributed by atoms with Crippen LogP contribution in [0.5, 0.6) is 0 Å². The highest BCUT2D eigenvalue weighted by Crippen LogP contribution is 2.23. The number of nitrogens with two attached hydrogens (primary N) is 2. The predicted octanol–water partition coefficient (Wildman–Crippen LogP) is 3.23. The fourth-order valence-corrected chi connectivity index (χ4v) is 3.33. The largest absolute Gasteiger partial charge is 0.398 e. The molecule has 156 valence electrons. The molecule has 2 heterocycles. The summed E-state index contributed by atoms with van der Waals surface area (Å²) in [6, 6.07) is 16.4. The van der Waals surface area contributed by atoms with E-state index in [9.17, 15) is 4.79 Å². The molecule has 0 spiro atoms. The molecule has 6 N–H and O–H groups in total. The van der Waals surface area contributed by atoms with E-state index in [4.69, 9.17) is 11.5 Å². The van der Waals surface area contributed by atoms with Gasteiger partial charge in [-0.2, -0.15) is 0 Å². The van der Waals surface area contributed by atoms with Gasteiger partial charge in [0.1, 0.15) is 0 Å². The average molecular weight is 414 g/mol. The van der Waals surface area contributed by atoms with Crippen molar-refractivity contribution in [3.05, 3.63) is 71.5 Å². The zero-order chi connectivity index (χ0) is 22.1. The van der Waals surface area contributed by atoms with E-state index < -0.39 is 0 Å². The summed E-state index contributed by atoms with van der Waals surface area (Å²) in [6.07, 6.45) is 0. The molecule has 0 aliphatic heterocycles. The van der Waals surface area contributed by atoms with E-state index in [-0.39, 0.29) is 5.91 Å². The minimum absolute atomic E-state index is 0.232. The molecule has 4 rings (SSSR count). The summed E-state index contributed by atoms with van der Waals surface area (Å²) < 4.78 is 1.80. The van der Waals surface area contributed by atoms with Crippen molar-refractivity contribution in [2.75, 3.05) is 22.1 Å². The number of aryl methyl sites for hydroxylation is 2. The van der Waals surface area contributed by atoms with Gasteiger partial charge in [-0.15, -0.1) is 0 Å². The molecule has 0 saturated carbocycles. The van der Waals surface area contributed by atoms with Crippen LogP contribution < -0.4 is 26.7 Å². The number of fused-ring (bicyclic) bond motifs is 1. The number of carbonyl (C=O) groups is 1. The quantitative estimate of drug-likeness (QED) is 0.380. The Morgan fingerprint density at radius 3 is 2.52 bits per heavy atom. The molecule has 0 radical (unpaired) electrons. The van der Waals surface area contributed by atoms with E-state index in [1.165, 1.54) is 0 Å². The molecular formula is C23H24N7O+. The summed E-state index contributed by atoms with van der Waals surface area (Å²) in [4.78, 5) is 21.6. The Hall–Kier alpha value is -4.20. The van der Waals surface area contributed by atoms with Crippen molar-refractivity contribution >= 4 is 45.6 Å². The number of rotatable bonds is 4. The Morgan fingerprint density at radius 1 is 0.968 bits per heavy atom. The number of hydrogen-bond donors (Lipinski definition) is 4. The lowest BCUT2D eigenvalue weighted by Gasteiger charge is -2.10. The second kappa shape index (κ2) is 7.91. The number of nitrogens with zero attached hydrogens (tertiary/aromatic N) is 3. The first-order valence-electron chi connectivity index (χ1n) is 9.78. The van der Waals surface area contributed by atoms with E-state index in [2.05, 4.69) is 20.6 Å². The van der Waals surface area contributed by atoms with Crippen LogP contribution in [-0.2, 0) is 7.05 Å². The number of amides is 1. The maximum absolute atomic E-state index is 12.8. The highest BCUT2D eigenvalue weighted by Gasteiger charge is 2.12. The van der Waals surface area contributed by atoms with Gasteiger partial charge in [0, 0.05) is 39.8 Å². The van der Waals surface area contributed by atoms with Crippen molar-refractivity contribution in [1.29, 1.82) is 0 Å². The molecule has 2 aromatic carbocycles.